The Morgan fingerprint density at radius 1 is 1.11 bits per heavy atom. The summed E-state index contributed by atoms with van der Waals surface area (Å²) in [6.07, 6.45) is 1.62. The Balaban J connectivity index is 2.44. The molecule has 96 valence electrons. The molecule has 1 aromatic carbocycles. The fraction of sp³-hybridized carbons (Fsp3) is 0.267. The van der Waals surface area contributed by atoms with Crippen molar-refractivity contribution in [1.82, 2.24) is 10.2 Å². The second-order valence-electron chi connectivity index (χ2n) is 4.04. The molecule has 0 spiro atoms. The van der Waals surface area contributed by atoms with E-state index in [4.69, 9.17) is 0 Å². The minimum Gasteiger partial charge on any atom is -0.192 e. The van der Waals surface area contributed by atoms with Crippen LogP contribution in [-0.2, 0) is 12.8 Å². The lowest BCUT2D eigenvalue weighted by molar-refractivity contribution is 0.818. The van der Waals surface area contributed by atoms with Gasteiger partial charge in [-0.05, 0) is 30.5 Å². The van der Waals surface area contributed by atoms with E-state index in [2.05, 4.69) is 16.3 Å². The molecule has 1 aromatic heterocycles. The first-order chi connectivity index (χ1) is 9.30. The van der Waals surface area contributed by atoms with Gasteiger partial charge in [0.05, 0.1) is 11.3 Å². The molecule has 19 heavy (non-hydrogen) atoms. The van der Waals surface area contributed by atoms with Gasteiger partial charge in [-0.15, -0.1) is 5.10 Å². The molecule has 0 saturated carbocycles. The zero-order valence-corrected chi connectivity index (χ0v) is 11.9. The molecule has 3 nitrogen and oxygen atoms in total. The molecular formula is C15H15N3S. The van der Waals surface area contributed by atoms with Gasteiger partial charge in [0.15, 0.2) is 0 Å². The zero-order valence-electron chi connectivity index (χ0n) is 11.1. The fourth-order valence-electron chi connectivity index (χ4n) is 1.94. The summed E-state index contributed by atoms with van der Waals surface area (Å²) in [7, 11) is 0. The number of rotatable bonds is 4. The van der Waals surface area contributed by atoms with Crippen molar-refractivity contribution in [2.75, 3.05) is 0 Å². The Morgan fingerprint density at radius 3 is 2.42 bits per heavy atom. The maximum atomic E-state index is 9.40. The topological polar surface area (TPSA) is 49.6 Å². The van der Waals surface area contributed by atoms with Gasteiger partial charge in [0.1, 0.15) is 11.1 Å². The first-order valence-electron chi connectivity index (χ1n) is 6.31. The summed E-state index contributed by atoms with van der Waals surface area (Å²) in [5, 5.41) is 18.6. The van der Waals surface area contributed by atoms with Gasteiger partial charge in [0.25, 0.3) is 0 Å². The van der Waals surface area contributed by atoms with E-state index in [0.717, 1.165) is 29.0 Å². The summed E-state index contributed by atoms with van der Waals surface area (Å²) in [5.74, 6) is 0. The van der Waals surface area contributed by atoms with E-state index in [9.17, 15) is 5.26 Å². The van der Waals surface area contributed by atoms with Crippen LogP contribution in [0.5, 0.6) is 0 Å². The average Bonchev–Trinajstić information content (AvgIpc) is 2.47. The highest BCUT2D eigenvalue weighted by Crippen LogP contribution is 2.30. The quantitative estimate of drug-likeness (QED) is 0.850. The molecule has 0 aliphatic carbocycles. The second-order valence-corrected chi connectivity index (χ2v) is 5.10. The summed E-state index contributed by atoms with van der Waals surface area (Å²) in [6, 6.07) is 12.2. The predicted octanol–water partition coefficient (Wildman–Crippen LogP) is 3.62. The molecule has 2 rings (SSSR count). The van der Waals surface area contributed by atoms with Crippen molar-refractivity contribution in [2.24, 2.45) is 0 Å². The number of hydrogen-bond donors (Lipinski definition) is 0. The number of aryl methyl sites for hydroxylation is 1. The molecule has 0 unspecified atom stereocenters. The van der Waals surface area contributed by atoms with Crippen LogP contribution in [0.3, 0.4) is 0 Å². The highest BCUT2D eigenvalue weighted by molar-refractivity contribution is 7.99. The standard InChI is InChI=1S/C15H15N3S/c1-3-12-13(10-16)15(18-17-14(12)4-2)19-11-8-6-5-7-9-11/h5-9H,3-4H2,1-2H3. The highest BCUT2D eigenvalue weighted by Gasteiger charge is 2.14. The molecule has 0 bridgehead atoms. The molecule has 0 aliphatic heterocycles. The van der Waals surface area contributed by atoms with Gasteiger partial charge in [0, 0.05) is 4.90 Å². The summed E-state index contributed by atoms with van der Waals surface area (Å²) in [4.78, 5) is 1.07. The second kappa shape index (κ2) is 6.35. The maximum Gasteiger partial charge on any atom is 0.142 e. The molecule has 4 heteroatoms. The monoisotopic (exact) mass is 269 g/mol. The van der Waals surface area contributed by atoms with Crippen LogP contribution in [0, 0.1) is 11.3 Å². The normalized spacial score (nSPS) is 10.2. The van der Waals surface area contributed by atoms with Crippen molar-refractivity contribution in [1.29, 1.82) is 5.26 Å². The van der Waals surface area contributed by atoms with Crippen LogP contribution in [0.1, 0.15) is 30.7 Å². The van der Waals surface area contributed by atoms with Crippen LogP contribution < -0.4 is 0 Å². The molecule has 2 aromatic rings. The fourth-order valence-corrected chi connectivity index (χ4v) is 2.81. The van der Waals surface area contributed by atoms with Crippen molar-refractivity contribution in [3.8, 4) is 6.07 Å². The number of nitriles is 1. The molecular weight excluding hydrogens is 254 g/mol. The van der Waals surface area contributed by atoms with Crippen LogP contribution in [0.15, 0.2) is 40.3 Å². The van der Waals surface area contributed by atoms with Gasteiger partial charge in [-0.25, -0.2) is 0 Å². The third kappa shape index (κ3) is 2.94. The number of hydrogen-bond acceptors (Lipinski definition) is 4. The van der Waals surface area contributed by atoms with Gasteiger partial charge in [-0.3, -0.25) is 0 Å². The minimum absolute atomic E-state index is 0.670. The lowest BCUT2D eigenvalue weighted by Gasteiger charge is -2.09. The van der Waals surface area contributed by atoms with E-state index < -0.39 is 0 Å². The predicted molar refractivity (Wildman–Crippen MR) is 76.1 cm³/mol. The van der Waals surface area contributed by atoms with Crippen molar-refractivity contribution in [2.45, 2.75) is 36.6 Å². The molecule has 0 fully saturated rings. The highest BCUT2D eigenvalue weighted by atomic mass is 32.2. The van der Waals surface area contributed by atoms with Crippen LogP contribution in [0.25, 0.3) is 0 Å². The SMILES string of the molecule is CCc1nnc(Sc2ccccc2)c(C#N)c1CC. The Labute approximate surface area is 117 Å². The Kier molecular flexibility index (Phi) is 4.53. The Morgan fingerprint density at radius 2 is 1.84 bits per heavy atom. The van der Waals surface area contributed by atoms with Gasteiger partial charge in [-0.2, -0.15) is 10.4 Å². The van der Waals surface area contributed by atoms with Crippen molar-refractivity contribution >= 4 is 11.8 Å². The largest absolute Gasteiger partial charge is 0.192 e. The third-order valence-corrected chi connectivity index (χ3v) is 3.87. The molecule has 1 heterocycles. The van der Waals surface area contributed by atoms with Gasteiger partial charge in [0.2, 0.25) is 0 Å². The van der Waals surface area contributed by atoms with Crippen molar-refractivity contribution in [3.63, 3.8) is 0 Å². The van der Waals surface area contributed by atoms with Crippen molar-refractivity contribution < 1.29 is 0 Å². The van der Waals surface area contributed by atoms with Crippen molar-refractivity contribution in [3.05, 3.63) is 47.2 Å². The number of nitrogens with zero attached hydrogens (tertiary/aromatic N) is 3. The van der Waals surface area contributed by atoms with Gasteiger partial charge in [-0.1, -0.05) is 43.8 Å². The maximum absolute atomic E-state index is 9.40. The van der Waals surface area contributed by atoms with Crippen LogP contribution in [0.4, 0.5) is 0 Å². The molecule has 0 saturated heterocycles. The first-order valence-corrected chi connectivity index (χ1v) is 7.13. The lowest BCUT2D eigenvalue weighted by atomic mass is 10.1. The lowest BCUT2D eigenvalue weighted by Crippen LogP contribution is -2.04. The van der Waals surface area contributed by atoms with Crippen LogP contribution in [-0.4, -0.2) is 10.2 Å². The third-order valence-electron chi connectivity index (χ3n) is 2.88. The molecule has 0 N–H and O–H groups in total. The Bertz CT molecular complexity index is 603. The number of benzene rings is 1. The van der Waals surface area contributed by atoms with E-state index in [1.807, 2.05) is 44.2 Å². The van der Waals surface area contributed by atoms with Crippen LogP contribution in [0.2, 0.25) is 0 Å². The summed E-state index contributed by atoms with van der Waals surface area (Å²) in [5.41, 5.74) is 2.62. The van der Waals surface area contributed by atoms with E-state index in [0.29, 0.717) is 10.6 Å². The van der Waals surface area contributed by atoms with Gasteiger partial charge >= 0.3 is 0 Å². The Hall–Kier alpha value is -1.86. The minimum atomic E-state index is 0.670. The molecule has 0 radical (unpaired) electrons. The number of aromatic nitrogens is 2. The zero-order chi connectivity index (χ0) is 13.7. The van der Waals surface area contributed by atoms with E-state index in [1.54, 1.807) is 0 Å². The molecule has 0 amide bonds. The summed E-state index contributed by atoms with van der Waals surface area (Å²) < 4.78 is 0. The van der Waals surface area contributed by atoms with E-state index >= 15 is 0 Å². The molecule has 0 aliphatic rings. The smallest absolute Gasteiger partial charge is 0.142 e. The van der Waals surface area contributed by atoms with Gasteiger partial charge < -0.3 is 0 Å². The average molecular weight is 269 g/mol. The molecule has 0 atom stereocenters. The summed E-state index contributed by atoms with van der Waals surface area (Å²) >= 11 is 1.49. The van der Waals surface area contributed by atoms with E-state index in [1.165, 1.54) is 11.8 Å². The van der Waals surface area contributed by atoms with E-state index in [-0.39, 0.29) is 0 Å². The van der Waals surface area contributed by atoms with Crippen LogP contribution >= 0.6 is 11.8 Å². The first kappa shape index (κ1) is 13.6. The summed E-state index contributed by atoms with van der Waals surface area (Å²) in [6.45, 7) is 4.09.